The number of hydrogen-bond donors (Lipinski definition) is 1. The van der Waals surface area contributed by atoms with Gasteiger partial charge in [0.15, 0.2) is 0 Å². The fourth-order valence-corrected chi connectivity index (χ4v) is 2.34. The van der Waals surface area contributed by atoms with Crippen molar-refractivity contribution in [2.24, 2.45) is 23.0 Å². The normalized spacial score (nSPS) is 23.8. The molecular formula is C13H27N. The van der Waals surface area contributed by atoms with Gasteiger partial charge in [-0.25, -0.2) is 0 Å². The first-order valence-electron chi connectivity index (χ1n) is 6.17. The Morgan fingerprint density at radius 2 is 1.71 bits per heavy atom. The molecule has 0 radical (unpaired) electrons. The second-order valence-electron chi connectivity index (χ2n) is 6.21. The Bertz CT molecular complexity index is 163. The fraction of sp³-hybridized carbons (Fsp3) is 1.00. The van der Waals surface area contributed by atoms with Crippen molar-refractivity contribution in [1.29, 1.82) is 0 Å². The molecule has 84 valence electrons. The van der Waals surface area contributed by atoms with Gasteiger partial charge in [0.2, 0.25) is 0 Å². The molecule has 2 unspecified atom stereocenters. The minimum Gasteiger partial charge on any atom is -0.327 e. The van der Waals surface area contributed by atoms with Crippen molar-refractivity contribution in [2.45, 2.75) is 65.8 Å². The molecule has 0 aromatic rings. The van der Waals surface area contributed by atoms with Gasteiger partial charge in [-0.2, -0.15) is 0 Å². The quantitative estimate of drug-likeness (QED) is 0.735. The van der Waals surface area contributed by atoms with E-state index < -0.39 is 0 Å². The number of nitrogens with two attached hydrogens (primary N) is 1. The second kappa shape index (κ2) is 4.65. The molecule has 1 aliphatic rings. The summed E-state index contributed by atoms with van der Waals surface area (Å²) in [6.07, 6.45) is 6.76. The third-order valence-electron chi connectivity index (χ3n) is 4.11. The highest BCUT2D eigenvalue weighted by Crippen LogP contribution is 2.34. The summed E-state index contributed by atoms with van der Waals surface area (Å²) in [5.41, 5.74) is 6.69. The fourth-order valence-electron chi connectivity index (χ4n) is 2.34. The van der Waals surface area contributed by atoms with Crippen molar-refractivity contribution in [3.05, 3.63) is 0 Å². The molecule has 2 N–H and O–H groups in total. The molecular weight excluding hydrogens is 170 g/mol. The van der Waals surface area contributed by atoms with Gasteiger partial charge in [-0.15, -0.1) is 0 Å². The van der Waals surface area contributed by atoms with Crippen LogP contribution in [0.2, 0.25) is 0 Å². The minimum absolute atomic E-state index is 0.413. The zero-order chi connectivity index (χ0) is 10.8. The third kappa shape index (κ3) is 3.27. The second-order valence-corrected chi connectivity index (χ2v) is 6.21. The van der Waals surface area contributed by atoms with E-state index in [2.05, 4.69) is 27.7 Å². The maximum Gasteiger partial charge on any atom is 0.00698 e. The molecule has 0 amide bonds. The van der Waals surface area contributed by atoms with Crippen LogP contribution in [-0.2, 0) is 0 Å². The molecule has 1 fully saturated rings. The Labute approximate surface area is 89.5 Å². The third-order valence-corrected chi connectivity index (χ3v) is 4.11. The molecule has 0 heterocycles. The van der Waals surface area contributed by atoms with Gasteiger partial charge in [-0.3, -0.25) is 0 Å². The van der Waals surface area contributed by atoms with Gasteiger partial charge in [0.05, 0.1) is 0 Å². The molecule has 1 aliphatic carbocycles. The van der Waals surface area contributed by atoms with E-state index in [4.69, 9.17) is 5.73 Å². The summed E-state index contributed by atoms with van der Waals surface area (Å²) in [5.74, 6) is 1.55. The highest BCUT2D eigenvalue weighted by Gasteiger charge is 2.27. The molecule has 1 heteroatoms. The molecule has 1 nitrogen and oxygen atoms in total. The first kappa shape index (κ1) is 12.0. The summed E-state index contributed by atoms with van der Waals surface area (Å²) in [4.78, 5) is 0. The van der Waals surface area contributed by atoms with Crippen LogP contribution < -0.4 is 5.73 Å². The van der Waals surface area contributed by atoms with Gasteiger partial charge in [0.1, 0.15) is 0 Å². The molecule has 0 aliphatic heterocycles. The topological polar surface area (TPSA) is 26.0 Å². The molecule has 0 aromatic heterocycles. The Hall–Kier alpha value is -0.0400. The highest BCUT2D eigenvalue weighted by atomic mass is 14.7. The van der Waals surface area contributed by atoms with Crippen molar-refractivity contribution >= 4 is 0 Å². The van der Waals surface area contributed by atoms with Crippen LogP contribution in [0.1, 0.15) is 59.8 Å². The monoisotopic (exact) mass is 197 g/mol. The lowest BCUT2D eigenvalue weighted by Gasteiger charge is -2.31. The van der Waals surface area contributed by atoms with Crippen LogP contribution in [0.3, 0.4) is 0 Å². The van der Waals surface area contributed by atoms with Crippen LogP contribution in [0.5, 0.6) is 0 Å². The summed E-state index contributed by atoms with van der Waals surface area (Å²) < 4.78 is 0. The molecule has 14 heavy (non-hydrogen) atoms. The largest absolute Gasteiger partial charge is 0.327 e. The van der Waals surface area contributed by atoms with E-state index in [0.717, 1.165) is 11.8 Å². The van der Waals surface area contributed by atoms with Crippen LogP contribution in [0, 0.1) is 17.3 Å². The Morgan fingerprint density at radius 1 is 1.21 bits per heavy atom. The van der Waals surface area contributed by atoms with Crippen molar-refractivity contribution in [2.75, 3.05) is 0 Å². The van der Waals surface area contributed by atoms with E-state index in [9.17, 15) is 0 Å². The van der Waals surface area contributed by atoms with Crippen LogP contribution >= 0.6 is 0 Å². The lowest BCUT2D eigenvalue weighted by Crippen LogP contribution is -2.33. The first-order chi connectivity index (χ1) is 6.41. The van der Waals surface area contributed by atoms with E-state index in [1.807, 2.05) is 0 Å². The Kier molecular flexibility index (Phi) is 4.00. The van der Waals surface area contributed by atoms with E-state index in [0.29, 0.717) is 11.5 Å². The van der Waals surface area contributed by atoms with E-state index in [1.54, 1.807) is 0 Å². The predicted molar refractivity (Wildman–Crippen MR) is 63.2 cm³/mol. The van der Waals surface area contributed by atoms with Gasteiger partial charge >= 0.3 is 0 Å². The molecule has 0 bridgehead atoms. The molecule has 1 rings (SSSR count). The van der Waals surface area contributed by atoms with Crippen LogP contribution in [0.4, 0.5) is 0 Å². The number of rotatable bonds is 3. The first-order valence-corrected chi connectivity index (χ1v) is 6.17. The molecule has 0 aromatic carbocycles. The number of hydrogen-bond acceptors (Lipinski definition) is 1. The average molecular weight is 197 g/mol. The van der Waals surface area contributed by atoms with E-state index >= 15 is 0 Å². The van der Waals surface area contributed by atoms with E-state index in [1.165, 1.54) is 32.1 Å². The van der Waals surface area contributed by atoms with Gasteiger partial charge < -0.3 is 5.73 Å². The van der Waals surface area contributed by atoms with Gasteiger partial charge in [0, 0.05) is 6.04 Å². The van der Waals surface area contributed by atoms with Crippen molar-refractivity contribution in [3.63, 3.8) is 0 Å². The standard InChI is InChI=1S/C13H27N/c1-10(13(2,3)4)9-12(14)11-7-5-6-8-11/h10-12H,5-9,14H2,1-4H3. The average Bonchev–Trinajstić information content (AvgIpc) is 2.53. The summed E-state index contributed by atoms with van der Waals surface area (Å²) in [7, 11) is 0. The lowest BCUT2D eigenvalue weighted by atomic mass is 9.76. The van der Waals surface area contributed by atoms with Crippen LogP contribution in [0.25, 0.3) is 0 Å². The summed E-state index contributed by atoms with van der Waals surface area (Å²) >= 11 is 0. The Balaban J connectivity index is 2.35. The minimum atomic E-state index is 0.413. The molecule has 0 spiro atoms. The zero-order valence-electron chi connectivity index (χ0n) is 10.3. The van der Waals surface area contributed by atoms with Gasteiger partial charge in [0.25, 0.3) is 0 Å². The SMILES string of the molecule is CC(CC(N)C1CCCC1)C(C)(C)C. The maximum atomic E-state index is 6.28. The van der Waals surface area contributed by atoms with Crippen molar-refractivity contribution in [1.82, 2.24) is 0 Å². The van der Waals surface area contributed by atoms with Crippen molar-refractivity contribution < 1.29 is 0 Å². The zero-order valence-corrected chi connectivity index (χ0v) is 10.3. The smallest absolute Gasteiger partial charge is 0.00698 e. The van der Waals surface area contributed by atoms with Gasteiger partial charge in [-0.05, 0) is 36.5 Å². The van der Waals surface area contributed by atoms with E-state index in [-0.39, 0.29) is 0 Å². The molecule has 0 saturated heterocycles. The lowest BCUT2D eigenvalue weighted by molar-refractivity contribution is 0.214. The predicted octanol–water partition coefficient (Wildman–Crippen LogP) is 3.58. The summed E-state index contributed by atoms with van der Waals surface area (Å²) in [6, 6.07) is 0.451. The highest BCUT2D eigenvalue weighted by molar-refractivity contribution is 4.82. The summed E-state index contributed by atoms with van der Waals surface area (Å²) in [6.45, 7) is 9.30. The van der Waals surface area contributed by atoms with Crippen molar-refractivity contribution in [3.8, 4) is 0 Å². The van der Waals surface area contributed by atoms with Gasteiger partial charge in [-0.1, -0.05) is 40.5 Å². The van der Waals surface area contributed by atoms with Crippen LogP contribution in [0.15, 0.2) is 0 Å². The Morgan fingerprint density at radius 3 is 2.14 bits per heavy atom. The molecule has 2 atom stereocenters. The molecule has 1 saturated carbocycles. The maximum absolute atomic E-state index is 6.28. The van der Waals surface area contributed by atoms with Crippen LogP contribution in [-0.4, -0.2) is 6.04 Å². The summed E-state index contributed by atoms with van der Waals surface area (Å²) in [5, 5.41) is 0.